The first-order valence-corrected chi connectivity index (χ1v) is 6.81. The Kier molecular flexibility index (Phi) is 5.57. The molecule has 0 N–H and O–H groups in total. The molecule has 0 aromatic rings. The topological polar surface area (TPSA) is 88.1 Å². The molecule has 1 aliphatic heterocycles. The molecule has 0 spiro atoms. The second-order valence-electron chi connectivity index (χ2n) is 6.21. The predicted octanol–water partition coefficient (Wildman–Crippen LogP) is 1.82. The van der Waals surface area contributed by atoms with Gasteiger partial charge in [0.25, 0.3) is 0 Å². The Morgan fingerprint density at radius 2 is 1.81 bits per heavy atom. The third-order valence-corrected chi connectivity index (χ3v) is 2.69. The van der Waals surface area contributed by atoms with E-state index in [9.17, 15) is 14.4 Å². The summed E-state index contributed by atoms with van der Waals surface area (Å²) >= 11 is 0. The van der Waals surface area contributed by atoms with Crippen molar-refractivity contribution in [1.82, 2.24) is 0 Å². The fourth-order valence-electron chi connectivity index (χ4n) is 1.59. The Morgan fingerprint density at radius 3 is 2.33 bits per heavy atom. The summed E-state index contributed by atoms with van der Waals surface area (Å²) in [5.41, 5.74) is -1.52. The predicted molar refractivity (Wildman–Crippen MR) is 71.4 cm³/mol. The Labute approximate surface area is 123 Å². The number of hydrogen-bond acceptors (Lipinski definition) is 7. The number of esters is 2. The van der Waals surface area contributed by atoms with Crippen LogP contribution in [0.2, 0.25) is 0 Å². The summed E-state index contributed by atoms with van der Waals surface area (Å²) in [4.78, 5) is 34.1. The number of ether oxygens (including phenoxy) is 4. The van der Waals surface area contributed by atoms with Crippen LogP contribution in [0.25, 0.3) is 0 Å². The van der Waals surface area contributed by atoms with Crippen LogP contribution in [0.15, 0.2) is 0 Å². The summed E-state index contributed by atoms with van der Waals surface area (Å²) in [6.07, 6.45) is -0.241. The largest absolute Gasteiger partial charge is 0.508 e. The van der Waals surface area contributed by atoms with Crippen molar-refractivity contribution in [3.63, 3.8) is 0 Å². The van der Waals surface area contributed by atoms with E-state index in [-0.39, 0.29) is 32.2 Å². The normalized spacial score (nSPS) is 17.4. The van der Waals surface area contributed by atoms with Crippen LogP contribution >= 0.6 is 0 Å². The molecule has 0 aromatic heterocycles. The van der Waals surface area contributed by atoms with Crippen molar-refractivity contribution >= 4 is 18.1 Å². The monoisotopic (exact) mass is 302 g/mol. The highest BCUT2D eigenvalue weighted by Crippen LogP contribution is 2.24. The second kappa shape index (κ2) is 6.78. The first-order chi connectivity index (χ1) is 9.62. The van der Waals surface area contributed by atoms with Crippen LogP contribution in [0.3, 0.4) is 0 Å². The van der Waals surface area contributed by atoms with Gasteiger partial charge in [-0.05, 0) is 34.1 Å². The van der Waals surface area contributed by atoms with Crippen LogP contribution in [0.4, 0.5) is 4.79 Å². The molecule has 1 aliphatic rings. The van der Waals surface area contributed by atoms with Crippen LogP contribution in [0.1, 0.15) is 40.5 Å². The van der Waals surface area contributed by atoms with Crippen LogP contribution in [0, 0.1) is 5.41 Å². The Balaban J connectivity index is 2.25. The fourth-order valence-corrected chi connectivity index (χ4v) is 1.59. The molecular weight excluding hydrogens is 280 g/mol. The summed E-state index contributed by atoms with van der Waals surface area (Å²) in [6, 6.07) is 0. The molecule has 7 nitrogen and oxygen atoms in total. The lowest BCUT2D eigenvalue weighted by atomic mass is 9.93. The first kappa shape index (κ1) is 17.3. The van der Waals surface area contributed by atoms with Gasteiger partial charge < -0.3 is 18.9 Å². The van der Waals surface area contributed by atoms with E-state index >= 15 is 0 Å². The molecule has 1 rings (SSSR count). The van der Waals surface area contributed by atoms with E-state index in [0.717, 1.165) is 0 Å². The van der Waals surface area contributed by atoms with Crippen molar-refractivity contribution in [2.75, 3.05) is 19.8 Å². The minimum Gasteiger partial charge on any atom is -0.465 e. The SMILES string of the molecule is CC(C)(C)OC(=O)CCCOC(=O)C1(C)COC(=O)OC1. The zero-order valence-electron chi connectivity index (χ0n) is 12.9. The summed E-state index contributed by atoms with van der Waals surface area (Å²) in [7, 11) is 0. The van der Waals surface area contributed by atoms with Crippen molar-refractivity contribution < 1.29 is 33.3 Å². The van der Waals surface area contributed by atoms with Gasteiger partial charge in [-0.1, -0.05) is 0 Å². The van der Waals surface area contributed by atoms with Crippen LogP contribution in [-0.4, -0.2) is 43.5 Å². The second-order valence-corrected chi connectivity index (χ2v) is 6.21. The molecule has 120 valence electrons. The van der Waals surface area contributed by atoms with Gasteiger partial charge in [-0.2, -0.15) is 0 Å². The lowest BCUT2D eigenvalue weighted by Crippen LogP contribution is -2.44. The molecule has 0 bridgehead atoms. The third-order valence-electron chi connectivity index (χ3n) is 2.69. The van der Waals surface area contributed by atoms with Gasteiger partial charge in [0.05, 0.1) is 6.61 Å². The molecule has 0 radical (unpaired) electrons. The summed E-state index contributed by atoms with van der Waals surface area (Å²) in [6.45, 7) is 6.91. The molecule has 0 unspecified atom stereocenters. The van der Waals surface area contributed by atoms with E-state index in [1.165, 1.54) is 0 Å². The van der Waals surface area contributed by atoms with Gasteiger partial charge in [-0.25, -0.2) is 4.79 Å². The van der Waals surface area contributed by atoms with Crippen LogP contribution in [0.5, 0.6) is 0 Å². The molecule has 0 aliphatic carbocycles. The van der Waals surface area contributed by atoms with Gasteiger partial charge in [0.2, 0.25) is 0 Å². The molecule has 0 saturated carbocycles. The lowest BCUT2D eigenvalue weighted by molar-refractivity contribution is -0.167. The van der Waals surface area contributed by atoms with E-state index in [0.29, 0.717) is 6.42 Å². The van der Waals surface area contributed by atoms with Crippen molar-refractivity contribution in [2.45, 2.75) is 46.1 Å². The van der Waals surface area contributed by atoms with Gasteiger partial charge in [-0.3, -0.25) is 9.59 Å². The van der Waals surface area contributed by atoms with Crippen molar-refractivity contribution in [1.29, 1.82) is 0 Å². The minimum absolute atomic E-state index is 0.0727. The molecule has 0 amide bonds. The fraction of sp³-hybridized carbons (Fsp3) is 0.786. The Morgan fingerprint density at radius 1 is 1.24 bits per heavy atom. The highest BCUT2D eigenvalue weighted by atomic mass is 16.7. The number of cyclic esters (lactones) is 2. The summed E-state index contributed by atoms with van der Waals surface area (Å²) < 4.78 is 19.6. The molecule has 1 fully saturated rings. The van der Waals surface area contributed by atoms with Crippen LogP contribution < -0.4 is 0 Å². The zero-order chi connectivity index (χ0) is 16.1. The average Bonchev–Trinajstić information content (AvgIpc) is 2.36. The van der Waals surface area contributed by atoms with Crippen molar-refractivity contribution in [3.8, 4) is 0 Å². The number of carbonyl (C=O) groups is 3. The smallest absolute Gasteiger partial charge is 0.465 e. The van der Waals surface area contributed by atoms with E-state index < -0.39 is 23.1 Å². The molecule has 1 heterocycles. The van der Waals surface area contributed by atoms with E-state index in [1.54, 1.807) is 27.7 Å². The van der Waals surface area contributed by atoms with E-state index in [1.807, 2.05) is 0 Å². The Bertz CT molecular complexity index is 398. The zero-order valence-corrected chi connectivity index (χ0v) is 12.9. The quantitative estimate of drug-likeness (QED) is 0.435. The maximum absolute atomic E-state index is 11.9. The molecule has 0 atom stereocenters. The van der Waals surface area contributed by atoms with Crippen LogP contribution in [-0.2, 0) is 28.5 Å². The summed E-state index contributed by atoms with van der Waals surface area (Å²) in [5.74, 6) is -0.848. The van der Waals surface area contributed by atoms with Gasteiger partial charge in [-0.15, -0.1) is 0 Å². The van der Waals surface area contributed by atoms with Gasteiger partial charge in [0, 0.05) is 6.42 Å². The molecule has 7 heteroatoms. The Hall–Kier alpha value is -1.79. The molecule has 1 saturated heterocycles. The van der Waals surface area contributed by atoms with E-state index in [4.69, 9.17) is 9.47 Å². The van der Waals surface area contributed by atoms with Gasteiger partial charge >= 0.3 is 18.1 Å². The van der Waals surface area contributed by atoms with Gasteiger partial charge in [0.15, 0.2) is 0 Å². The van der Waals surface area contributed by atoms with Crippen molar-refractivity contribution in [3.05, 3.63) is 0 Å². The van der Waals surface area contributed by atoms with Gasteiger partial charge in [0.1, 0.15) is 24.2 Å². The highest BCUT2D eigenvalue weighted by molar-refractivity contribution is 5.78. The third kappa shape index (κ3) is 6.01. The summed E-state index contributed by atoms with van der Waals surface area (Å²) in [5, 5.41) is 0. The average molecular weight is 302 g/mol. The van der Waals surface area contributed by atoms with E-state index in [2.05, 4.69) is 9.47 Å². The highest BCUT2D eigenvalue weighted by Gasteiger charge is 2.41. The van der Waals surface area contributed by atoms with Crippen molar-refractivity contribution in [2.24, 2.45) is 5.41 Å². The minimum atomic E-state index is -1.00. The number of hydrogen-bond donors (Lipinski definition) is 0. The molecule has 0 aromatic carbocycles. The number of carbonyl (C=O) groups excluding carboxylic acids is 3. The lowest BCUT2D eigenvalue weighted by Gasteiger charge is -2.29. The molecular formula is C14H22O7. The standard InChI is InChI=1S/C14H22O7/c1-13(2,3)21-10(15)6-5-7-18-11(16)14(4)8-19-12(17)20-9-14/h5-9H2,1-4H3. The molecule has 21 heavy (non-hydrogen) atoms. The maximum atomic E-state index is 11.9. The first-order valence-electron chi connectivity index (χ1n) is 6.81. The maximum Gasteiger partial charge on any atom is 0.508 e. The number of rotatable bonds is 5.